The number of benzene rings is 1. The van der Waals surface area contributed by atoms with Crippen molar-refractivity contribution in [1.29, 1.82) is 0 Å². The zero-order valence-electron chi connectivity index (χ0n) is 15.9. The standard InChI is InChI=1S/C22H18N4O3/c1-14-12-16(15(2)25(14)19-10-6-7-11-23-19)13-18-20(27)24-22(29)26(21(18)28)17-8-4-3-5-9-17/h3-13H,1-2H3,(H,24,27,29)/b18-13+. The molecule has 4 amide bonds. The molecule has 0 unspecified atom stereocenters. The Morgan fingerprint density at radius 1 is 0.966 bits per heavy atom. The Labute approximate surface area is 167 Å². The van der Waals surface area contributed by atoms with E-state index in [0.29, 0.717) is 11.3 Å². The van der Waals surface area contributed by atoms with Crippen molar-refractivity contribution in [3.8, 4) is 5.82 Å². The van der Waals surface area contributed by atoms with Gasteiger partial charge in [0.25, 0.3) is 11.8 Å². The molecule has 2 aromatic heterocycles. The highest BCUT2D eigenvalue weighted by Crippen LogP contribution is 2.25. The molecule has 0 atom stereocenters. The van der Waals surface area contributed by atoms with Gasteiger partial charge in [-0.1, -0.05) is 24.3 Å². The lowest BCUT2D eigenvalue weighted by Gasteiger charge is -2.26. The van der Waals surface area contributed by atoms with Gasteiger partial charge in [-0.2, -0.15) is 0 Å². The van der Waals surface area contributed by atoms with Crippen molar-refractivity contribution < 1.29 is 14.4 Å². The van der Waals surface area contributed by atoms with Gasteiger partial charge in [-0.3, -0.25) is 14.9 Å². The van der Waals surface area contributed by atoms with Gasteiger partial charge in [0, 0.05) is 17.6 Å². The highest BCUT2D eigenvalue weighted by Gasteiger charge is 2.36. The first kappa shape index (κ1) is 18.4. The van der Waals surface area contributed by atoms with Crippen LogP contribution in [0.1, 0.15) is 17.0 Å². The Hall–Kier alpha value is -4.00. The Kier molecular flexibility index (Phi) is 4.56. The summed E-state index contributed by atoms with van der Waals surface area (Å²) in [6.45, 7) is 3.81. The van der Waals surface area contributed by atoms with Crippen molar-refractivity contribution in [1.82, 2.24) is 14.9 Å². The maximum atomic E-state index is 13.0. The normalized spacial score (nSPS) is 15.7. The van der Waals surface area contributed by atoms with Crippen LogP contribution in [-0.2, 0) is 9.59 Å². The second kappa shape index (κ2) is 7.20. The third-order valence-electron chi connectivity index (χ3n) is 4.76. The van der Waals surface area contributed by atoms with E-state index in [2.05, 4.69) is 10.3 Å². The molecule has 7 heteroatoms. The number of aromatic nitrogens is 2. The predicted octanol–water partition coefficient (Wildman–Crippen LogP) is 3.16. The van der Waals surface area contributed by atoms with Gasteiger partial charge < -0.3 is 4.57 Å². The summed E-state index contributed by atoms with van der Waals surface area (Å²) in [5, 5.41) is 2.24. The van der Waals surface area contributed by atoms with Crippen LogP contribution in [0.4, 0.5) is 10.5 Å². The lowest BCUT2D eigenvalue weighted by Crippen LogP contribution is -2.54. The molecule has 1 aliphatic heterocycles. The number of carbonyl (C=O) groups excluding carboxylic acids is 3. The number of urea groups is 1. The molecule has 0 radical (unpaired) electrons. The molecule has 1 saturated heterocycles. The summed E-state index contributed by atoms with van der Waals surface area (Å²) in [5.41, 5.74) is 2.74. The second-order valence-corrected chi connectivity index (χ2v) is 6.64. The minimum absolute atomic E-state index is 0.102. The first-order valence-electron chi connectivity index (χ1n) is 9.04. The van der Waals surface area contributed by atoms with Crippen LogP contribution in [0.3, 0.4) is 0 Å². The summed E-state index contributed by atoms with van der Waals surface area (Å²) in [4.78, 5) is 43.0. The molecular formula is C22H18N4O3. The average molecular weight is 386 g/mol. The summed E-state index contributed by atoms with van der Waals surface area (Å²) in [6.07, 6.45) is 3.22. The Bertz CT molecular complexity index is 1150. The van der Waals surface area contributed by atoms with Gasteiger partial charge in [0.2, 0.25) is 0 Å². The van der Waals surface area contributed by atoms with E-state index in [1.165, 1.54) is 6.08 Å². The van der Waals surface area contributed by atoms with Crippen LogP contribution in [0.25, 0.3) is 11.9 Å². The predicted molar refractivity (Wildman–Crippen MR) is 108 cm³/mol. The van der Waals surface area contributed by atoms with Crippen molar-refractivity contribution in [2.75, 3.05) is 4.90 Å². The third-order valence-corrected chi connectivity index (χ3v) is 4.76. The molecule has 1 aliphatic rings. The van der Waals surface area contributed by atoms with Crippen molar-refractivity contribution in [2.45, 2.75) is 13.8 Å². The summed E-state index contributed by atoms with van der Waals surface area (Å²) in [6, 6.07) is 15.2. The first-order chi connectivity index (χ1) is 14.0. The van der Waals surface area contributed by atoms with Gasteiger partial charge in [0.05, 0.1) is 5.69 Å². The third kappa shape index (κ3) is 3.23. The highest BCUT2D eigenvalue weighted by molar-refractivity contribution is 6.39. The van der Waals surface area contributed by atoms with Crippen LogP contribution in [-0.4, -0.2) is 27.4 Å². The maximum absolute atomic E-state index is 13.0. The summed E-state index contributed by atoms with van der Waals surface area (Å²) >= 11 is 0. The zero-order chi connectivity index (χ0) is 20.5. The minimum Gasteiger partial charge on any atom is -0.303 e. The van der Waals surface area contributed by atoms with Crippen LogP contribution < -0.4 is 10.2 Å². The lowest BCUT2D eigenvalue weighted by atomic mass is 10.1. The van der Waals surface area contributed by atoms with E-state index in [-0.39, 0.29) is 5.57 Å². The molecule has 144 valence electrons. The van der Waals surface area contributed by atoms with Gasteiger partial charge in [-0.25, -0.2) is 14.7 Å². The molecule has 1 N–H and O–H groups in total. The summed E-state index contributed by atoms with van der Waals surface area (Å²) in [7, 11) is 0. The number of nitrogens with zero attached hydrogens (tertiary/aromatic N) is 3. The fourth-order valence-electron chi connectivity index (χ4n) is 3.40. The van der Waals surface area contributed by atoms with Crippen molar-refractivity contribution in [2.24, 2.45) is 0 Å². The largest absolute Gasteiger partial charge is 0.335 e. The number of amides is 4. The van der Waals surface area contributed by atoms with Crippen LogP contribution in [0, 0.1) is 13.8 Å². The molecule has 1 aromatic carbocycles. The number of pyridine rings is 1. The van der Waals surface area contributed by atoms with Gasteiger partial charge >= 0.3 is 6.03 Å². The molecule has 0 bridgehead atoms. The molecule has 0 aliphatic carbocycles. The van der Waals surface area contributed by atoms with Crippen LogP contribution in [0.5, 0.6) is 0 Å². The summed E-state index contributed by atoms with van der Waals surface area (Å²) < 4.78 is 1.94. The number of barbiturate groups is 1. The maximum Gasteiger partial charge on any atom is 0.335 e. The number of para-hydroxylation sites is 1. The fourth-order valence-corrected chi connectivity index (χ4v) is 3.40. The van der Waals surface area contributed by atoms with Gasteiger partial charge in [-0.05, 0) is 55.8 Å². The van der Waals surface area contributed by atoms with Crippen LogP contribution >= 0.6 is 0 Å². The zero-order valence-corrected chi connectivity index (χ0v) is 15.9. The number of carbonyl (C=O) groups is 3. The van der Waals surface area contributed by atoms with E-state index in [4.69, 9.17) is 0 Å². The Balaban J connectivity index is 1.77. The van der Waals surface area contributed by atoms with Crippen LogP contribution in [0.15, 0.2) is 66.4 Å². The van der Waals surface area contributed by atoms with E-state index in [1.54, 1.807) is 36.5 Å². The van der Waals surface area contributed by atoms with Gasteiger partial charge in [0.15, 0.2) is 0 Å². The molecule has 1 fully saturated rings. The Morgan fingerprint density at radius 3 is 2.38 bits per heavy atom. The van der Waals surface area contributed by atoms with Crippen LogP contribution in [0.2, 0.25) is 0 Å². The van der Waals surface area contributed by atoms with Crippen molar-refractivity contribution in [3.05, 3.63) is 83.3 Å². The number of anilines is 1. The molecule has 0 saturated carbocycles. The topological polar surface area (TPSA) is 84.3 Å². The van der Waals surface area contributed by atoms with E-state index >= 15 is 0 Å². The number of imide groups is 2. The first-order valence-corrected chi connectivity index (χ1v) is 9.04. The SMILES string of the molecule is Cc1cc(/C=C2\C(=O)NC(=O)N(c3ccccc3)C2=O)c(C)n1-c1ccccn1. The number of hydrogen-bond donors (Lipinski definition) is 1. The smallest absolute Gasteiger partial charge is 0.303 e. The minimum atomic E-state index is -0.762. The van der Waals surface area contributed by atoms with E-state index in [1.807, 2.05) is 42.7 Å². The monoisotopic (exact) mass is 386 g/mol. The number of hydrogen-bond acceptors (Lipinski definition) is 4. The molecule has 3 aromatic rings. The van der Waals surface area contributed by atoms with Gasteiger partial charge in [-0.15, -0.1) is 0 Å². The second-order valence-electron chi connectivity index (χ2n) is 6.64. The van der Waals surface area contributed by atoms with Crippen molar-refractivity contribution >= 4 is 29.6 Å². The molecule has 7 nitrogen and oxygen atoms in total. The average Bonchev–Trinajstić information content (AvgIpc) is 2.99. The molecule has 29 heavy (non-hydrogen) atoms. The Morgan fingerprint density at radius 2 is 1.69 bits per heavy atom. The molecule has 3 heterocycles. The van der Waals surface area contributed by atoms with E-state index in [0.717, 1.165) is 22.1 Å². The quantitative estimate of drug-likeness (QED) is 0.554. The molecule has 4 rings (SSSR count). The van der Waals surface area contributed by atoms with E-state index in [9.17, 15) is 14.4 Å². The number of aryl methyl sites for hydroxylation is 1. The highest BCUT2D eigenvalue weighted by atomic mass is 16.2. The van der Waals surface area contributed by atoms with E-state index < -0.39 is 17.8 Å². The number of rotatable bonds is 3. The fraction of sp³-hybridized carbons (Fsp3) is 0.0909. The summed E-state index contributed by atoms with van der Waals surface area (Å²) in [5.74, 6) is -0.630. The van der Waals surface area contributed by atoms with Crippen molar-refractivity contribution in [3.63, 3.8) is 0 Å². The lowest BCUT2D eigenvalue weighted by molar-refractivity contribution is -0.122. The van der Waals surface area contributed by atoms with Gasteiger partial charge in [0.1, 0.15) is 11.4 Å². The molecular weight excluding hydrogens is 368 g/mol. The number of nitrogens with one attached hydrogen (secondary N) is 1. The molecule has 0 spiro atoms.